The molecule has 84 valence electrons. The Kier molecular flexibility index (Phi) is 5.33. The highest BCUT2D eigenvalue weighted by atomic mass is 35.5. The van der Waals surface area contributed by atoms with E-state index in [2.05, 4.69) is 6.92 Å². The van der Waals surface area contributed by atoms with Gasteiger partial charge in [0.2, 0.25) is 0 Å². The Balaban J connectivity index is 2.34. The first kappa shape index (κ1) is 12.2. The summed E-state index contributed by atoms with van der Waals surface area (Å²) in [6.45, 7) is 2.90. The molecule has 0 aliphatic rings. The van der Waals surface area contributed by atoms with Crippen LogP contribution in [0.1, 0.15) is 32.6 Å². The molecule has 0 bridgehead atoms. The second-order valence-electron chi connectivity index (χ2n) is 3.56. The van der Waals surface area contributed by atoms with Crippen LogP contribution in [-0.2, 0) is 0 Å². The van der Waals surface area contributed by atoms with E-state index in [1.54, 1.807) is 6.07 Å². The Morgan fingerprint density at radius 2 is 2.07 bits per heavy atom. The van der Waals surface area contributed by atoms with E-state index in [4.69, 9.17) is 22.1 Å². The summed E-state index contributed by atoms with van der Waals surface area (Å²) >= 11 is 5.87. The van der Waals surface area contributed by atoms with Gasteiger partial charge in [-0.05, 0) is 18.6 Å². The topological polar surface area (TPSA) is 35.2 Å². The van der Waals surface area contributed by atoms with E-state index in [0.717, 1.165) is 6.42 Å². The summed E-state index contributed by atoms with van der Waals surface area (Å²) < 4.78 is 5.55. The zero-order chi connectivity index (χ0) is 11.1. The van der Waals surface area contributed by atoms with E-state index in [-0.39, 0.29) is 0 Å². The number of para-hydroxylation sites is 1. The lowest BCUT2D eigenvalue weighted by Crippen LogP contribution is -2.00. The van der Waals surface area contributed by atoms with E-state index in [1.165, 1.54) is 19.3 Å². The molecule has 0 radical (unpaired) electrons. The van der Waals surface area contributed by atoms with Crippen LogP contribution in [0.3, 0.4) is 0 Å². The number of ether oxygens (including phenoxy) is 1. The monoisotopic (exact) mass is 227 g/mol. The summed E-state index contributed by atoms with van der Waals surface area (Å²) in [5, 5.41) is 0.557. The van der Waals surface area contributed by atoms with Crippen molar-refractivity contribution in [3.63, 3.8) is 0 Å². The number of halogens is 1. The Labute approximate surface area is 96.4 Å². The second-order valence-corrected chi connectivity index (χ2v) is 3.97. The first-order chi connectivity index (χ1) is 7.25. The Hall–Kier alpha value is -0.890. The molecule has 0 atom stereocenters. The zero-order valence-corrected chi connectivity index (χ0v) is 9.89. The largest absolute Gasteiger partial charge is 0.491 e. The quantitative estimate of drug-likeness (QED) is 0.591. The van der Waals surface area contributed by atoms with Crippen LogP contribution in [0.25, 0.3) is 0 Å². The van der Waals surface area contributed by atoms with Crippen molar-refractivity contribution in [3.05, 3.63) is 23.2 Å². The average molecular weight is 228 g/mol. The Morgan fingerprint density at radius 3 is 2.80 bits per heavy atom. The highest BCUT2D eigenvalue weighted by molar-refractivity contribution is 6.33. The van der Waals surface area contributed by atoms with Gasteiger partial charge in [-0.25, -0.2) is 0 Å². The molecular formula is C12H18ClNO. The van der Waals surface area contributed by atoms with Crippen molar-refractivity contribution in [2.75, 3.05) is 12.3 Å². The van der Waals surface area contributed by atoms with Gasteiger partial charge in [0.1, 0.15) is 5.75 Å². The molecule has 2 N–H and O–H groups in total. The molecule has 0 saturated carbocycles. The molecule has 0 heterocycles. The van der Waals surface area contributed by atoms with Crippen LogP contribution in [0.4, 0.5) is 5.69 Å². The normalized spacial score (nSPS) is 10.3. The average Bonchev–Trinajstić information content (AvgIpc) is 2.24. The minimum absolute atomic E-state index is 0.537. The number of benzene rings is 1. The summed E-state index contributed by atoms with van der Waals surface area (Å²) in [6, 6.07) is 5.46. The van der Waals surface area contributed by atoms with Crippen molar-refractivity contribution >= 4 is 17.3 Å². The van der Waals surface area contributed by atoms with E-state index in [0.29, 0.717) is 23.1 Å². The minimum atomic E-state index is 0.537. The molecule has 0 aliphatic heterocycles. The van der Waals surface area contributed by atoms with Crippen LogP contribution >= 0.6 is 11.6 Å². The molecule has 1 aromatic rings. The maximum atomic E-state index is 5.87. The van der Waals surface area contributed by atoms with Crippen LogP contribution in [0.5, 0.6) is 5.75 Å². The molecule has 0 aromatic heterocycles. The number of hydrogen-bond donors (Lipinski definition) is 1. The van der Waals surface area contributed by atoms with Gasteiger partial charge < -0.3 is 10.5 Å². The number of nitrogens with two attached hydrogens (primary N) is 1. The Bertz CT molecular complexity index is 302. The third kappa shape index (κ3) is 4.00. The van der Waals surface area contributed by atoms with Crippen LogP contribution in [0.15, 0.2) is 18.2 Å². The number of rotatable bonds is 6. The van der Waals surface area contributed by atoms with Crippen LogP contribution in [0, 0.1) is 0 Å². The van der Waals surface area contributed by atoms with E-state index < -0.39 is 0 Å². The molecule has 0 aliphatic carbocycles. The molecule has 0 amide bonds. The number of unbranched alkanes of at least 4 members (excludes halogenated alkanes) is 3. The smallest absolute Gasteiger partial charge is 0.143 e. The minimum Gasteiger partial charge on any atom is -0.491 e. The molecule has 3 heteroatoms. The van der Waals surface area contributed by atoms with Gasteiger partial charge in [0.25, 0.3) is 0 Å². The number of nitrogen functional groups attached to an aromatic ring is 1. The molecule has 0 spiro atoms. The van der Waals surface area contributed by atoms with Gasteiger partial charge in [-0.1, -0.05) is 43.9 Å². The van der Waals surface area contributed by atoms with Gasteiger partial charge in [-0.3, -0.25) is 0 Å². The molecule has 0 fully saturated rings. The molecule has 2 nitrogen and oxygen atoms in total. The summed E-state index contributed by atoms with van der Waals surface area (Å²) in [6.07, 6.45) is 4.77. The fourth-order valence-electron chi connectivity index (χ4n) is 1.35. The van der Waals surface area contributed by atoms with Gasteiger partial charge in [-0.15, -0.1) is 0 Å². The lowest BCUT2D eigenvalue weighted by Gasteiger charge is -2.09. The predicted molar refractivity (Wildman–Crippen MR) is 65.5 cm³/mol. The zero-order valence-electron chi connectivity index (χ0n) is 9.13. The molecular weight excluding hydrogens is 210 g/mol. The molecule has 1 rings (SSSR count). The third-order valence-corrected chi connectivity index (χ3v) is 2.60. The molecule has 1 aromatic carbocycles. The lowest BCUT2D eigenvalue weighted by atomic mass is 10.2. The van der Waals surface area contributed by atoms with Crippen molar-refractivity contribution in [2.45, 2.75) is 32.6 Å². The lowest BCUT2D eigenvalue weighted by molar-refractivity contribution is 0.306. The van der Waals surface area contributed by atoms with Gasteiger partial charge in [0.05, 0.1) is 17.3 Å². The van der Waals surface area contributed by atoms with Gasteiger partial charge in [-0.2, -0.15) is 0 Å². The second kappa shape index (κ2) is 6.57. The summed E-state index contributed by atoms with van der Waals surface area (Å²) in [7, 11) is 0. The predicted octanol–water partition coefficient (Wildman–Crippen LogP) is 3.88. The van der Waals surface area contributed by atoms with Crippen LogP contribution < -0.4 is 10.5 Å². The van der Waals surface area contributed by atoms with Crippen LogP contribution in [0.2, 0.25) is 5.02 Å². The fourth-order valence-corrected chi connectivity index (χ4v) is 1.52. The maximum absolute atomic E-state index is 5.87. The van der Waals surface area contributed by atoms with Crippen molar-refractivity contribution < 1.29 is 4.74 Å². The van der Waals surface area contributed by atoms with Crippen molar-refractivity contribution in [1.29, 1.82) is 0 Å². The molecule has 0 saturated heterocycles. The number of hydrogen-bond acceptors (Lipinski definition) is 2. The third-order valence-electron chi connectivity index (χ3n) is 2.27. The van der Waals surface area contributed by atoms with E-state index in [1.807, 2.05) is 12.1 Å². The van der Waals surface area contributed by atoms with Crippen molar-refractivity contribution in [3.8, 4) is 5.75 Å². The highest BCUT2D eigenvalue weighted by Gasteiger charge is 2.02. The highest BCUT2D eigenvalue weighted by Crippen LogP contribution is 2.28. The SMILES string of the molecule is CCCCCCOc1cccc(Cl)c1N. The summed E-state index contributed by atoms with van der Waals surface area (Å²) in [5.41, 5.74) is 6.30. The standard InChI is InChI=1S/C12H18ClNO/c1-2-3-4-5-9-15-11-8-6-7-10(13)12(11)14/h6-8H,2-5,9,14H2,1H3. The molecule has 0 unspecified atom stereocenters. The first-order valence-electron chi connectivity index (χ1n) is 5.42. The Morgan fingerprint density at radius 1 is 1.27 bits per heavy atom. The van der Waals surface area contributed by atoms with E-state index >= 15 is 0 Å². The van der Waals surface area contributed by atoms with Gasteiger partial charge in [0.15, 0.2) is 0 Å². The van der Waals surface area contributed by atoms with Crippen molar-refractivity contribution in [2.24, 2.45) is 0 Å². The van der Waals surface area contributed by atoms with E-state index in [9.17, 15) is 0 Å². The van der Waals surface area contributed by atoms with Gasteiger partial charge in [0, 0.05) is 0 Å². The van der Waals surface area contributed by atoms with Gasteiger partial charge >= 0.3 is 0 Å². The molecule has 15 heavy (non-hydrogen) atoms. The van der Waals surface area contributed by atoms with Crippen LogP contribution in [-0.4, -0.2) is 6.61 Å². The maximum Gasteiger partial charge on any atom is 0.143 e. The first-order valence-corrected chi connectivity index (χ1v) is 5.80. The summed E-state index contributed by atoms with van der Waals surface area (Å²) in [4.78, 5) is 0. The number of anilines is 1. The van der Waals surface area contributed by atoms with Crippen molar-refractivity contribution in [1.82, 2.24) is 0 Å². The summed E-state index contributed by atoms with van der Waals surface area (Å²) in [5.74, 6) is 0.694. The fraction of sp³-hybridized carbons (Fsp3) is 0.500.